The summed E-state index contributed by atoms with van der Waals surface area (Å²) in [4.78, 5) is 11.4. The van der Waals surface area contributed by atoms with Gasteiger partial charge in [-0.15, -0.1) is 0 Å². The van der Waals surface area contributed by atoms with Crippen molar-refractivity contribution in [2.24, 2.45) is 5.92 Å². The maximum atomic E-state index is 11.4. The number of nitrogens with one attached hydrogen (secondary N) is 2. The molecule has 0 heterocycles. The normalized spacial score (nSPS) is 10.2. The Morgan fingerprint density at radius 3 is 2.50 bits per heavy atom. The molecule has 0 aliphatic rings. The highest BCUT2D eigenvalue weighted by Crippen LogP contribution is 2.13. The van der Waals surface area contributed by atoms with Crippen LogP contribution in [0, 0.1) is 5.92 Å². The van der Waals surface area contributed by atoms with Crippen LogP contribution in [0.1, 0.15) is 20.3 Å². The van der Waals surface area contributed by atoms with Crippen molar-refractivity contribution in [3.8, 4) is 0 Å². The molecule has 0 saturated carbocycles. The number of carbonyl (C=O) groups excluding carboxylic acids is 1. The molecule has 1 aromatic rings. The van der Waals surface area contributed by atoms with E-state index >= 15 is 0 Å². The maximum Gasteiger partial charge on any atom is 0.319 e. The first-order valence-electron chi connectivity index (χ1n) is 5.38. The van der Waals surface area contributed by atoms with Gasteiger partial charge < -0.3 is 10.6 Å². The zero-order chi connectivity index (χ0) is 12.0. The zero-order valence-corrected chi connectivity index (χ0v) is 11.2. The van der Waals surface area contributed by atoms with E-state index in [4.69, 9.17) is 0 Å². The lowest BCUT2D eigenvalue weighted by Gasteiger charge is -2.08. The lowest BCUT2D eigenvalue weighted by atomic mass is 10.1. The number of carbonyl (C=O) groups is 1. The molecule has 1 rings (SSSR count). The number of rotatable bonds is 4. The van der Waals surface area contributed by atoms with E-state index in [0.717, 1.165) is 16.6 Å². The first-order valence-corrected chi connectivity index (χ1v) is 6.17. The summed E-state index contributed by atoms with van der Waals surface area (Å²) >= 11 is 3.34. The van der Waals surface area contributed by atoms with Crippen LogP contribution < -0.4 is 10.6 Å². The van der Waals surface area contributed by atoms with Gasteiger partial charge in [-0.25, -0.2) is 4.79 Å². The first-order chi connectivity index (χ1) is 7.58. The highest BCUT2D eigenvalue weighted by Gasteiger charge is 2.01. The van der Waals surface area contributed by atoms with Crippen LogP contribution >= 0.6 is 15.9 Å². The molecule has 0 radical (unpaired) electrons. The lowest BCUT2D eigenvalue weighted by molar-refractivity contribution is 0.251. The molecule has 0 atom stereocenters. The van der Waals surface area contributed by atoms with Crippen molar-refractivity contribution in [1.29, 1.82) is 0 Å². The van der Waals surface area contributed by atoms with Gasteiger partial charge in [0.2, 0.25) is 0 Å². The van der Waals surface area contributed by atoms with Crippen molar-refractivity contribution in [1.82, 2.24) is 5.32 Å². The molecule has 2 N–H and O–H groups in total. The van der Waals surface area contributed by atoms with Gasteiger partial charge in [-0.3, -0.25) is 0 Å². The van der Waals surface area contributed by atoms with Crippen LogP contribution in [0.15, 0.2) is 28.7 Å². The Morgan fingerprint density at radius 1 is 1.31 bits per heavy atom. The van der Waals surface area contributed by atoms with Crippen LogP contribution in [0.4, 0.5) is 10.5 Å². The van der Waals surface area contributed by atoms with E-state index in [-0.39, 0.29) is 6.03 Å². The van der Waals surface area contributed by atoms with Crippen molar-refractivity contribution < 1.29 is 4.79 Å². The molecule has 0 aliphatic heterocycles. The molecule has 2 amide bonds. The van der Waals surface area contributed by atoms with E-state index < -0.39 is 0 Å². The Hall–Kier alpha value is -1.03. The third-order valence-electron chi connectivity index (χ3n) is 2.11. The van der Waals surface area contributed by atoms with Gasteiger partial charge in [0, 0.05) is 16.7 Å². The summed E-state index contributed by atoms with van der Waals surface area (Å²) in [7, 11) is 0. The van der Waals surface area contributed by atoms with Crippen molar-refractivity contribution in [3.63, 3.8) is 0 Å². The summed E-state index contributed by atoms with van der Waals surface area (Å²) in [5.41, 5.74) is 0.797. The van der Waals surface area contributed by atoms with Gasteiger partial charge in [0.05, 0.1) is 0 Å². The van der Waals surface area contributed by atoms with Gasteiger partial charge in [0.1, 0.15) is 0 Å². The Balaban J connectivity index is 2.31. The molecule has 4 heteroatoms. The minimum absolute atomic E-state index is 0.150. The molecule has 0 aliphatic carbocycles. The minimum atomic E-state index is -0.150. The smallest absolute Gasteiger partial charge is 0.319 e. The summed E-state index contributed by atoms with van der Waals surface area (Å²) < 4.78 is 0.998. The van der Waals surface area contributed by atoms with E-state index in [1.807, 2.05) is 24.3 Å². The second kappa shape index (κ2) is 6.53. The molecule has 3 nitrogen and oxygen atoms in total. The molecular formula is C12H17BrN2O. The van der Waals surface area contributed by atoms with Crippen LogP contribution in [0.3, 0.4) is 0 Å². The van der Waals surface area contributed by atoms with Gasteiger partial charge in [-0.1, -0.05) is 29.8 Å². The number of urea groups is 1. The lowest BCUT2D eigenvalue weighted by Crippen LogP contribution is -2.30. The minimum Gasteiger partial charge on any atom is -0.338 e. The Morgan fingerprint density at radius 2 is 1.94 bits per heavy atom. The molecule has 0 saturated heterocycles. The van der Waals surface area contributed by atoms with Gasteiger partial charge in [0.25, 0.3) is 0 Å². The number of hydrogen-bond acceptors (Lipinski definition) is 1. The number of amides is 2. The average molecular weight is 285 g/mol. The fourth-order valence-corrected chi connectivity index (χ4v) is 1.45. The number of hydrogen-bond donors (Lipinski definition) is 2. The van der Waals surface area contributed by atoms with E-state index in [2.05, 4.69) is 40.4 Å². The second-order valence-electron chi connectivity index (χ2n) is 4.07. The molecule has 0 aromatic heterocycles. The van der Waals surface area contributed by atoms with Crippen molar-refractivity contribution in [3.05, 3.63) is 28.7 Å². The summed E-state index contributed by atoms with van der Waals surface area (Å²) in [6, 6.07) is 7.34. The number of benzene rings is 1. The van der Waals surface area contributed by atoms with E-state index in [0.29, 0.717) is 12.5 Å². The molecule has 0 bridgehead atoms. The van der Waals surface area contributed by atoms with Crippen molar-refractivity contribution >= 4 is 27.6 Å². The molecule has 1 aromatic carbocycles. The molecule has 0 unspecified atom stereocenters. The highest BCUT2D eigenvalue weighted by molar-refractivity contribution is 9.10. The van der Waals surface area contributed by atoms with Crippen molar-refractivity contribution in [2.45, 2.75) is 20.3 Å². The van der Waals surface area contributed by atoms with Gasteiger partial charge in [-0.2, -0.15) is 0 Å². The van der Waals surface area contributed by atoms with Crippen molar-refractivity contribution in [2.75, 3.05) is 11.9 Å². The molecular weight excluding hydrogens is 268 g/mol. The van der Waals surface area contributed by atoms with E-state index in [9.17, 15) is 4.79 Å². The highest BCUT2D eigenvalue weighted by atomic mass is 79.9. The summed E-state index contributed by atoms with van der Waals surface area (Å²) in [5.74, 6) is 0.605. The molecule has 0 spiro atoms. The molecule has 16 heavy (non-hydrogen) atoms. The van der Waals surface area contributed by atoms with Crippen LogP contribution in [0.2, 0.25) is 0 Å². The Bertz CT molecular complexity index is 335. The van der Waals surface area contributed by atoms with E-state index in [1.54, 1.807) is 0 Å². The number of halogens is 1. The van der Waals surface area contributed by atoms with Gasteiger partial charge in [-0.05, 0) is 36.6 Å². The SMILES string of the molecule is CC(C)CCNC(=O)Nc1ccc(Br)cc1. The molecule has 0 fully saturated rings. The largest absolute Gasteiger partial charge is 0.338 e. The van der Waals surface area contributed by atoms with E-state index in [1.165, 1.54) is 0 Å². The maximum absolute atomic E-state index is 11.4. The fourth-order valence-electron chi connectivity index (χ4n) is 1.18. The Kier molecular flexibility index (Phi) is 5.32. The van der Waals surface area contributed by atoms with Gasteiger partial charge >= 0.3 is 6.03 Å². The van der Waals surface area contributed by atoms with Gasteiger partial charge in [0.15, 0.2) is 0 Å². The number of anilines is 1. The predicted molar refractivity (Wildman–Crippen MR) is 70.6 cm³/mol. The third-order valence-corrected chi connectivity index (χ3v) is 2.64. The van der Waals surface area contributed by atoms with Crippen LogP contribution in [0.25, 0.3) is 0 Å². The average Bonchev–Trinajstić information content (AvgIpc) is 2.21. The second-order valence-corrected chi connectivity index (χ2v) is 4.99. The topological polar surface area (TPSA) is 41.1 Å². The summed E-state index contributed by atoms with van der Waals surface area (Å²) in [6.07, 6.45) is 0.994. The first kappa shape index (κ1) is 13.0. The summed E-state index contributed by atoms with van der Waals surface area (Å²) in [6.45, 7) is 4.97. The molecule has 88 valence electrons. The standard InChI is InChI=1S/C12H17BrN2O/c1-9(2)7-8-14-12(16)15-11-5-3-10(13)4-6-11/h3-6,9H,7-8H2,1-2H3,(H2,14,15,16). The predicted octanol–water partition coefficient (Wildman–Crippen LogP) is 3.62. The summed E-state index contributed by atoms with van der Waals surface area (Å²) in [5, 5.41) is 5.59. The van der Waals surface area contributed by atoms with Crippen LogP contribution in [-0.2, 0) is 0 Å². The quantitative estimate of drug-likeness (QED) is 0.871. The zero-order valence-electron chi connectivity index (χ0n) is 9.59. The fraction of sp³-hybridized carbons (Fsp3) is 0.417. The van der Waals surface area contributed by atoms with Crippen LogP contribution in [-0.4, -0.2) is 12.6 Å². The third kappa shape index (κ3) is 5.16. The monoisotopic (exact) mass is 284 g/mol. The van der Waals surface area contributed by atoms with Crippen LogP contribution in [0.5, 0.6) is 0 Å². The Labute approximate surface area is 105 Å².